The second-order valence-electron chi connectivity index (χ2n) is 5.14. The topological polar surface area (TPSA) is 58.4 Å². The summed E-state index contributed by atoms with van der Waals surface area (Å²) in [5.74, 6) is -0.0313. The average molecular weight is 265 g/mol. The lowest BCUT2D eigenvalue weighted by molar-refractivity contribution is -0.123. The highest BCUT2D eigenvalue weighted by atomic mass is 32.1. The van der Waals surface area contributed by atoms with E-state index in [2.05, 4.69) is 10.2 Å². The Balaban J connectivity index is 1.61. The van der Waals surface area contributed by atoms with Gasteiger partial charge < -0.3 is 11.1 Å². The Bertz CT molecular complexity index is 420. The van der Waals surface area contributed by atoms with E-state index in [0.717, 1.165) is 17.8 Å². The zero-order valence-corrected chi connectivity index (χ0v) is 11.2. The number of fused-ring (bicyclic) bond motifs is 1. The van der Waals surface area contributed by atoms with E-state index in [4.69, 9.17) is 5.73 Å². The molecule has 5 heteroatoms. The van der Waals surface area contributed by atoms with Crippen molar-refractivity contribution in [3.05, 3.63) is 22.4 Å². The molecule has 0 saturated carbocycles. The van der Waals surface area contributed by atoms with Crippen LogP contribution >= 0.6 is 11.3 Å². The van der Waals surface area contributed by atoms with Crippen molar-refractivity contribution in [3.63, 3.8) is 0 Å². The molecule has 18 heavy (non-hydrogen) atoms. The molecule has 3 unspecified atom stereocenters. The van der Waals surface area contributed by atoms with Crippen molar-refractivity contribution in [3.8, 4) is 0 Å². The number of rotatable bonds is 3. The highest BCUT2D eigenvalue weighted by molar-refractivity contribution is 7.10. The van der Waals surface area contributed by atoms with Gasteiger partial charge in [0, 0.05) is 23.5 Å². The summed E-state index contributed by atoms with van der Waals surface area (Å²) in [6.07, 6.45) is 3.53. The number of nitrogens with zero attached hydrogens (tertiary/aromatic N) is 1. The first kappa shape index (κ1) is 12.1. The molecule has 2 saturated heterocycles. The molecule has 3 rings (SSSR count). The van der Waals surface area contributed by atoms with Gasteiger partial charge in [-0.25, -0.2) is 0 Å². The van der Waals surface area contributed by atoms with E-state index < -0.39 is 6.04 Å². The predicted octanol–water partition coefficient (Wildman–Crippen LogP) is 1.10. The van der Waals surface area contributed by atoms with Gasteiger partial charge in [0.1, 0.15) is 6.04 Å². The predicted molar refractivity (Wildman–Crippen MR) is 72.4 cm³/mol. The van der Waals surface area contributed by atoms with Crippen LogP contribution in [0.3, 0.4) is 0 Å². The molecule has 3 N–H and O–H groups in total. The first-order valence-electron chi connectivity index (χ1n) is 6.59. The van der Waals surface area contributed by atoms with Gasteiger partial charge in [-0.05, 0) is 37.3 Å². The molecule has 1 aromatic heterocycles. The molecule has 0 spiro atoms. The van der Waals surface area contributed by atoms with E-state index in [1.807, 2.05) is 17.5 Å². The number of hydrogen-bond acceptors (Lipinski definition) is 4. The molecule has 98 valence electrons. The fourth-order valence-electron chi connectivity index (χ4n) is 3.12. The molecule has 2 fully saturated rings. The van der Waals surface area contributed by atoms with E-state index in [-0.39, 0.29) is 5.91 Å². The Morgan fingerprint density at radius 1 is 1.50 bits per heavy atom. The number of hydrogen-bond donors (Lipinski definition) is 2. The second-order valence-corrected chi connectivity index (χ2v) is 6.12. The Hall–Kier alpha value is -0.910. The van der Waals surface area contributed by atoms with Crippen LogP contribution in [0.2, 0.25) is 0 Å². The molecule has 2 aliphatic rings. The quantitative estimate of drug-likeness (QED) is 0.860. The van der Waals surface area contributed by atoms with Gasteiger partial charge in [0.05, 0.1) is 0 Å². The van der Waals surface area contributed by atoms with Gasteiger partial charge in [-0.2, -0.15) is 0 Å². The minimum Gasteiger partial charge on any atom is -0.350 e. The van der Waals surface area contributed by atoms with Crippen LogP contribution in [0.4, 0.5) is 0 Å². The summed E-state index contributed by atoms with van der Waals surface area (Å²) in [4.78, 5) is 15.6. The van der Waals surface area contributed by atoms with Crippen molar-refractivity contribution in [1.29, 1.82) is 0 Å². The van der Waals surface area contributed by atoms with Crippen LogP contribution in [0.25, 0.3) is 0 Å². The smallest absolute Gasteiger partial charge is 0.242 e. The van der Waals surface area contributed by atoms with Gasteiger partial charge in [0.15, 0.2) is 0 Å². The van der Waals surface area contributed by atoms with Crippen LogP contribution in [0.5, 0.6) is 0 Å². The largest absolute Gasteiger partial charge is 0.350 e. The van der Waals surface area contributed by atoms with E-state index in [0.29, 0.717) is 12.1 Å². The van der Waals surface area contributed by atoms with Crippen LogP contribution in [-0.2, 0) is 4.79 Å². The first-order valence-corrected chi connectivity index (χ1v) is 7.47. The van der Waals surface area contributed by atoms with Gasteiger partial charge >= 0.3 is 0 Å². The van der Waals surface area contributed by atoms with Crippen molar-refractivity contribution >= 4 is 17.2 Å². The first-order chi connectivity index (χ1) is 8.75. The molecule has 3 heterocycles. The van der Waals surface area contributed by atoms with E-state index >= 15 is 0 Å². The molecule has 0 bridgehead atoms. The standard InChI is InChI=1S/C13H19N3OS/c14-12(11-4-2-8-18-11)13(17)15-9-5-7-16-6-1-3-10(9)16/h2,4,8-10,12H,1,3,5-7,14H2,(H,15,17). The molecular formula is C13H19N3OS. The molecule has 4 nitrogen and oxygen atoms in total. The molecule has 3 atom stereocenters. The van der Waals surface area contributed by atoms with Crippen LogP contribution in [-0.4, -0.2) is 36.0 Å². The Morgan fingerprint density at radius 3 is 3.17 bits per heavy atom. The lowest BCUT2D eigenvalue weighted by atomic mass is 10.1. The Kier molecular flexibility index (Phi) is 3.37. The third kappa shape index (κ3) is 2.18. The monoisotopic (exact) mass is 265 g/mol. The van der Waals surface area contributed by atoms with E-state index in [1.165, 1.54) is 19.4 Å². The summed E-state index contributed by atoms with van der Waals surface area (Å²) in [5.41, 5.74) is 5.98. The van der Waals surface area contributed by atoms with Crippen LogP contribution in [0, 0.1) is 0 Å². The van der Waals surface area contributed by atoms with Gasteiger partial charge in [0.25, 0.3) is 0 Å². The van der Waals surface area contributed by atoms with Crippen molar-refractivity contribution in [2.45, 2.75) is 37.4 Å². The summed E-state index contributed by atoms with van der Waals surface area (Å²) < 4.78 is 0. The van der Waals surface area contributed by atoms with Crippen molar-refractivity contribution in [2.24, 2.45) is 5.73 Å². The van der Waals surface area contributed by atoms with E-state index in [9.17, 15) is 4.79 Å². The molecule has 2 aliphatic heterocycles. The lowest BCUT2D eigenvalue weighted by Crippen LogP contribution is -2.45. The van der Waals surface area contributed by atoms with Crippen LogP contribution in [0.1, 0.15) is 30.2 Å². The van der Waals surface area contributed by atoms with E-state index in [1.54, 1.807) is 11.3 Å². The zero-order chi connectivity index (χ0) is 12.5. The highest BCUT2D eigenvalue weighted by Gasteiger charge is 2.38. The number of nitrogens with two attached hydrogens (primary N) is 1. The zero-order valence-electron chi connectivity index (χ0n) is 10.3. The maximum Gasteiger partial charge on any atom is 0.242 e. The Morgan fingerprint density at radius 2 is 2.39 bits per heavy atom. The van der Waals surface area contributed by atoms with Crippen molar-refractivity contribution in [1.82, 2.24) is 10.2 Å². The summed E-state index contributed by atoms with van der Waals surface area (Å²) in [6, 6.07) is 4.18. The van der Waals surface area contributed by atoms with Gasteiger partial charge in [-0.15, -0.1) is 11.3 Å². The maximum atomic E-state index is 12.1. The van der Waals surface area contributed by atoms with Crippen LogP contribution in [0.15, 0.2) is 17.5 Å². The minimum absolute atomic E-state index is 0.0313. The lowest BCUT2D eigenvalue weighted by Gasteiger charge is -2.22. The summed E-state index contributed by atoms with van der Waals surface area (Å²) in [7, 11) is 0. The third-order valence-corrected chi connectivity index (χ3v) is 5.02. The van der Waals surface area contributed by atoms with Crippen molar-refractivity contribution < 1.29 is 4.79 Å². The molecule has 0 aliphatic carbocycles. The number of amides is 1. The Labute approximate surface area is 111 Å². The molecule has 0 radical (unpaired) electrons. The van der Waals surface area contributed by atoms with Gasteiger partial charge in [-0.3, -0.25) is 9.69 Å². The van der Waals surface area contributed by atoms with Crippen LogP contribution < -0.4 is 11.1 Å². The summed E-state index contributed by atoms with van der Waals surface area (Å²) >= 11 is 1.54. The normalized spacial score (nSPS) is 29.2. The number of nitrogens with one attached hydrogen (secondary N) is 1. The molecule has 1 amide bonds. The van der Waals surface area contributed by atoms with Gasteiger partial charge in [-0.1, -0.05) is 6.07 Å². The molecule has 0 aromatic carbocycles. The minimum atomic E-state index is -0.513. The third-order valence-electron chi connectivity index (χ3n) is 4.07. The average Bonchev–Trinajstić information content (AvgIpc) is 3.06. The second kappa shape index (κ2) is 4.99. The molecular weight excluding hydrogens is 246 g/mol. The number of thiophene rings is 1. The summed E-state index contributed by atoms with van der Waals surface area (Å²) in [6.45, 7) is 2.30. The number of carbonyl (C=O) groups excluding carboxylic acids is 1. The fraction of sp³-hybridized carbons (Fsp3) is 0.615. The molecule has 1 aromatic rings. The van der Waals surface area contributed by atoms with Gasteiger partial charge in [0.2, 0.25) is 5.91 Å². The SMILES string of the molecule is NC(C(=O)NC1CCN2CCCC12)c1cccs1. The van der Waals surface area contributed by atoms with Crippen molar-refractivity contribution in [2.75, 3.05) is 13.1 Å². The number of carbonyl (C=O) groups is 1. The maximum absolute atomic E-state index is 12.1. The highest BCUT2D eigenvalue weighted by Crippen LogP contribution is 2.28. The fourth-order valence-corrected chi connectivity index (χ4v) is 3.85. The summed E-state index contributed by atoms with van der Waals surface area (Å²) in [5, 5.41) is 5.09.